The van der Waals surface area contributed by atoms with Gasteiger partial charge in [-0.25, -0.2) is 8.78 Å². The van der Waals surface area contributed by atoms with Crippen molar-refractivity contribution >= 4 is 17.4 Å². The first-order valence-electron chi connectivity index (χ1n) is 3.82. The molecule has 0 rings (SSSR count). The smallest absolute Gasteiger partial charge is 0.244 e. The molecular weight excluding hydrogens is 182 g/mol. The van der Waals surface area contributed by atoms with Crippen LogP contribution in [0.1, 0.15) is 6.92 Å². The highest BCUT2D eigenvalue weighted by molar-refractivity contribution is 6.77. The molecule has 0 fully saturated rings. The highest BCUT2D eigenvalue weighted by atomic mass is 28.4. The van der Waals surface area contributed by atoms with E-state index in [0.717, 1.165) is 0 Å². The lowest BCUT2D eigenvalue weighted by Gasteiger charge is -2.23. The molecule has 68 valence electrons. The Morgan fingerprint density at radius 1 is 1.36 bits per heavy atom. The SMILES string of the molecule is CC[SiH](O[Si](C)(C)C)C(F)F. The van der Waals surface area contributed by atoms with Crippen molar-refractivity contribution in [3.63, 3.8) is 0 Å². The summed E-state index contributed by atoms with van der Waals surface area (Å²) in [4.78, 5) is 0. The molecule has 1 unspecified atom stereocenters. The average Bonchev–Trinajstić information content (AvgIpc) is 1.80. The summed E-state index contributed by atoms with van der Waals surface area (Å²) >= 11 is 0. The Hall–Kier alpha value is 0.254. The van der Waals surface area contributed by atoms with Crippen molar-refractivity contribution in [3.05, 3.63) is 0 Å². The van der Waals surface area contributed by atoms with Crippen LogP contribution in [-0.2, 0) is 4.12 Å². The minimum absolute atomic E-state index is 0.530. The summed E-state index contributed by atoms with van der Waals surface area (Å²) in [5.74, 6) is 0. The van der Waals surface area contributed by atoms with Gasteiger partial charge in [-0.05, 0) is 25.7 Å². The summed E-state index contributed by atoms with van der Waals surface area (Å²) in [5, 5.41) is 0. The Morgan fingerprint density at radius 3 is 1.91 bits per heavy atom. The van der Waals surface area contributed by atoms with E-state index in [9.17, 15) is 8.78 Å². The lowest BCUT2D eigenvalue weighted by molar-refractivity contribution is 0.213. The van der Waals surface area contributed by atoms with E-state index in [1.54, 1.807) is 6.92 Å². The maximum Gasteiger partial charge on any atom is 0.244 e. The molecule has 0 aliphatic carbocycles. The van der Waals surface area contributed by atoms with Gasteiger partial charge in [0.25, 0.3) is 0 Å². The van der Waals surface area contributed by atoms with Crippen molar-refractivity contribution < 1.29 is 12.9 Å². The van der Waals surface area contributed by atoms with Crippen molar-refractivity contribution in [2.75, 3.05) is 0 Å². The molecule has 0 aromatic rings. The van der Waals surface area contributed by atoms with Crippen molar-refractivity contribution in [3.8, 4) is 0 Å². The lowest BCUT2D eigenvalue weighted by Crippen LogP contribution is -2.39. The van der Waals surface area contributed by atoms with E-state index >= 15 is 0 Å². The van der Waals surface area contributed by atoms with E-state index in [0.29, 0.717) is 6.04 Å². The minimum Gasteiger partial charge on any atom is -0.454 e. The van der Waals surface area contributed by atoms with Crippen LogP contribution < -0.4 is 0 Å². The van der Waals surface area contributed by atoms with Gasteiger partial charge in [0.2, 0.25) is 15.1 Å². The molecule has 0 bridgehead atoms. The summed E-state index contributed by atoms with van der Waals surface area (Å²) in [6, 6.07) is -1.67. The van der Waals surface area contributed by atoms with Gasteiger partial charge in [0, 0.05) is 0 Å². The van der Waals surface area contributed by atoms with Gasteiger partial charge in [-0.15, -0.1) is 0 Å². The molecule has 0 saturated carbocycles. The fraction of sp³-hybridized carbons (Fsp3) is 1.00. The molecule has 1 nitrogen and oxygen atoms in total. The first-order chi connectivity index (χ1) is 4.87. The third kappa shape index (κ3) is 5.52. The molecule has 0 aromatic heterocycles. The molecule has 0 saturated heterocycles. The van der Waals surface area contributed by atoms with Crippen LogP contribution in [0.5, 0.6) is 0 Å². The monoisotopic (exact) mass is 198 g/mol. The predicted octanol–water partition coefficient (Wildman–Crippen LogP) is 2.39. The number of alkyl halides is 2. The Bertz CT molecular complexity index is 114. The number of rotatable bonds is 4. The molecular formula is C6H16F2OSi2. The molecule has 0 spiro atoms. The predicted molar refractivity (Wildman–Crippen MR) is 48.1 cm³/mol. The third-order valence-corrected chi connectivity index (χ3v) is 6.59. The topological polar surface area (TPSA) is 9.23 Å². The van der Waals surface area contributed by atoms with Crippen molar-refractivity contribution in [1.82, 2.24) is 0 Å². The minimum atomic E-state index is -2.20. The van der Waals surface area contributed by atoms with E-state index in [1.165, 1.54) is 0 Å². The molecule has 0 aliphatic heterocycles. The van der Waals surface area contributed by atoms with Crippen LogP contribution in [0.3, 0.4) is 0 Å². The van der Waals surface area contributed by atoms with Crippen LogP contribution in [0.25, 0.3) is 0 Å². The second-order valence-electron chi connectivity index (χ2n) is 3.51. The fourth-order valence-electron chi connectivity index (χ4n) is 0.767. The maximum absolute atomic E-state index is 12.2. The molecule has 0 N–H and O–H groups in total. The molecule has 0 heterocycles. The second-order valence-corrected chi connectivity index (χ2v) is 11.1. The van der Waals surface area contributed by atoms with Crippen LogP contribution >= 0.6 is 0 Å². The van der Waals surface area contributed by atoms with Gasteiger partial charge in [0.1, 0.15) is 0 Å². The molecule has 0 amide bonds. The van der Waals surface area contributed by atoms with Crippen molar-refractivity contribution in [2.24, 2.45) is 0 Å². The number of hydrogen-bond acceptors (Lipinski definition) is 1. The highest BCUT2D eigenvalue weighted by Gasteiger charge is 2.27. The second kappa shape index (κ2) is 4.32. The Morgan fingerprint density at radius 2 is 1.82 bits per heavy atom. The normalized spacial score (nSPS) is 15.5. The lowest BCUT2D eigenvalue weighted by atomic mass is 11.0. The zero-order valence-electron chi connectivity index (χ0n) is 7.53. The summed E-state index contributed by atoms with van der Waals surface area (Å²) in [6.07, 6.45) is 0. The van der Waals surface area contributed by atoms with Gasteiger partial charge in [-0.2, -0.15) is 0 Å². The van der Waals surface area contributed by atoms with Gasteiger partial charge >= 0.3 is 0 Å². The van der Waals surface area contributed by atoms with E-state index in [-0.39, 0.29) is 0 Å². The summed E-state index contributed by atoms with van der Waals surface area (Å²) in [5.41, 5.74) is 0. The summed E-state index contributed by atoms with van der Waals surface area (Å²) in [7, 11) is -3.91. The average molecular weight is 198 g/mol. The van der Waals surface area contributed by atoms with Crippen molar-refractivity contribution in [1.29, 1.82) is 0 Å². The third-order valence-electron chi connectivity index (χ3n) is 1.19. The molecule has 0 radical (unpaired) electrons. The Kier molecular flexibility index (Phi) is 4.42. The quantitative estimate of drug-likeness (QED) is 0.630. The van der Waals surface area contributed by atoms with E-state index in [2.05, 4.69) is 0 Å². The standard InChI is InChI=1S/C6H16F2OSi2/c1-5-10(6(7)8)9-11(2,3)4/h6,10H,5H2,1-4H3. The van der Waals surface area contributed by atoms with Crippen LogP contribution in [0, 0.1) is 0 Å². The molecule has 5 heteroatoms. The van der Waals surface area contributed by atoms with E-state index < -0.39 is 23.4 Å². The van der Waals surface area contributed by atoms with Crippen LogP contribution in [0.2, 0.25) is 25.7 Å². The summed E-state index contributed by atoms with van der Waals surface area (Å²) in [6.45, 7) is 7.63. The summed E-state index contributed by atoms with van der Waals surface area (Å²) < 4.78 is 29.8. The molecule has 0 aromatic carbocycles. The van der Waals surface area contributed by atoms with Crippen LogP contribution in [-0.4, -0.2) is 23.4 Å². The molecule has 1 atom stereocenters. The zero-order valence-corrected chi connectivity index (χ0v) is 9.68. The van der Waals surface area contributed by atoms with Gasteiger partial charge in [0.05, 0.1) is 0 Å². The van der Waals surface area contributed by atoms with E-state index in [1.807, 2.05) is 19.6 Å². The Labute approximate surface area is 69.6 Å². The zero-order chi connectivity index (χ0) is 9.07. The van der Waals surface area contributed by atoms with Gasteiger partial charge in [-0.3, -0.25) is 0 Å². The van der Waals surface area contributed by atoms with Gasteiger partial charge in [-0.1, -0.05) is 6.92 Å². The molecule has 0 aliphatic rings. The van der Waals surface area contributed by atoms with Crippen molar-refractivity contribution in [2.45, 2.75) is 38.7 Å². The van der Waals surface area contributed by atoms with Gasteiger partial charge < -0.3 is 4.12 Å². The van der Waals surface area contributed by atoms with Crippen LogP contribution in [0.4, 0.5) is 8.78 Å². The first kappa shape index (κ1) is 11.3. The largest absolute Gasteiger partial charge is 0.454 e. The molecule has 11 heavy (non-hydrogen) atoms. The highest BCUT2D eigenvalue weighted by Crippen LogP contribution is 2.12. The van der Waals surface area contributed by atoms with E-state index in [4.69, 9.17) is 4.12 Å². The maximum atomic E-state index is 12.2. The number of hydrogen-bond donors (Lipinski definition) is 0. The Balaban J connectivity index is 3.88. The fourth-order valence-corrected chi connectivity index (χ4v) is 5.83. The van der Waals surface area contributed by atoms with Crippen LogP contribution in [0.15, 0.2) is 0 Å². The van der Waals surface area contributed by atoms with Gasteiger partial charge in [0.15, 0.2) is 8.32 Å². The first-order valence-corrected chi connectivity index (χ1v) is 9.19. The number of halogens is 2.